The molecule has 2 aromatic carbocycles. The van der Waals surface area contributed by atoms with Crippen molar-refractivity contribution in [3.8, 4) is 16.9 Å². The quantitative estimate of drug-likeness (QED) is 0.382. The molecule has 0 aliphatic carbocycles. The summed E-state index contributed by atoms with van der Waals surface area (Å²) >= 11 is 1.23. The Morgan fingerprint density at radius 1 is 1.21 bits per heavy atom. The summed E-state index contributed by atoms with van der Waals surface area (Å²) in [7, 11) is 1.39. The number of anilines is 1. The van der Waals surface area contributed by atoms with E-state index in [1.54, 1.807) is 36.4 Å². The predicted molar refractivity (Wildman–Crippen MR) is 122 cm³/mol. The first-order valence-electron chi connectivity index (χ1n) is 10.00. The third kappa shape index (κ3) is 5.26. The second-order valence-electron chi connectivity index (χ2n) is 7.23. The van der Waals surface area contributed by atoms with E-state index in [0.717, 1.165) is 4.70 Å². The number of nitrogens with one attached hydrogen (secondary N) is 1. The van der Waals surface area contributed by atoms with Crippen molar-refractivity contribution < 1.29 is 27.4 Å². The molecule has 3 N–H and O–H groups in total. The van der Waals surface area contributed by atoms with Crippen LogP contribution in [0.5, 0.6) is 5.75 Å². The molecule has 0 unspecified atom stereocenters. The SMILES string of the molecule is COC[C@@H](NC(=O)c1cccnc1)c1cccc(-c2ccc3nc(N)sc3c2)c1OC(F)(F)F. The number of amides is 1. The van der Waals surface area contributed by atoms with Gasteiger partial charge in [-0.1, -0.05) is 35.6 Å². The topological polar surface area (TPSA) is 99.4 Å². The molecule has 0 aliphatic heterocycles. The maximum atomic E-state index is 13.5. The smallest absolute Gasteiger partial charge is 0.405 e. The standard InChI is InChI=1S/C23H19F3N4O3S/c1-32-12-18(29-21(31)14-4-3-9-28-11-14)16-6-2-5-15(20(16)33-23(24,25)26)13-7-8-17-19(10-13)34-22(27)30-17/h2-11,18H,12H2,1H3,(H2,27,30)(H,29,31)/t18-/m1/s1. The number of carbonyl (C=O) groups is 1. The number of carbonyl (C=O) groups excluding carboxylic acids is 1. The van der Waals surface area contributed by atoms with Crippen LogP contribution in [0.4, 0.5) is 18.3 Å². The number of methoxy groups -OCH3 is 1. The molecule has 7 nitrogen and oxygen atoms in total. The van der Waals surface area contributed by atoms with Crippen LogP contribution in [0, 0.1) is 0 Å². The molecule has 2 aromatic heterocycles. The van der Waals surface area contributed by atoms with Crippen molar-refractivity contribution in [3.63, 3.8) is 0 Å². The summed E-state index contributed by atoms with van der Waals surface area (Å²) < 4.78 is 50.8. The molecule has 2 heterocycles. The van der Waals surface area contributed by atoms with Gasteiger partial charge in [0.2, 0.25) is 0 Å². The van der Waals surface area contributed by atoms with E-state index in [9.17, 15) is 18.0 Å². The number of hydrogen-bond donors (Lipinski definition) is 2. The Hall–Kier alpha value is -3.70. The lowest BCUT2D eigenvalue weighted by molar-refractivity contribution is -0.274. The van der Waals surface area contributed by atoms with Crippen molar-refractivity contribution in [2.75, 3.05) is 19.5 Å². The van der Waals surface area contributed by atoms with Crippen molar-refractivity contribution in [2.24, 2.45) is 0 Å². The van der Waals surface area contributed by atoms with Gasteiger partial charge in [-0.15, -0.1) is 13.2 Å². The minimum Gasteiger partial charge on any atom is -0.405 e. The largest absolute Gasteiger partial charge is 0.573 e. The predicted octanol–water partition coefficient (Wildman–Crippen LogP) is 4.96. The highest BCUT2D eigenvalue weighted by Gasteiger charge is 2.35. The van der Waals surface area contributed by atoms with E-state index in [-0.39, 0.29) is 23.3 Å². The molecule has 34 heavy (non-hydrogen) atoms. The minimum atomic E-state index is -4.96. The lowest BCUT2D eigenvalue weighted by Gasteiger charge is -2.24. The van der Waals surface area contributed by atoms with Gasteiger partial charge in [0.15, 0.2) is 5.13 Å². The zero-order valence-electron chi connectivity index (χ0n) is 17.8. The Labute approximate surface area is 196 Å². The van der Waals surface area contributed by atoms with Crippen LogP contribution in [0.2, 0.25) is 0 Å². The highest BCUT2D eigenvalue weighted by atomic mass is 32.1. The van der Waals surface area contributed by atoms with Crippen LogP contribution < -0.4 is 15.8 Å². The molecule has 0 radical (unpaired) electrons. The maximum Gasteiger partial charge on any atom is 0.573 e. The van der Waals surface area contributed by atoms with E-state index >= 15 is 0 Å². The summed E-state index contributed by atoms with van der Waals surface area (Å²) in [6, 6.07) is 11.8. The fourth-order valence-corrected chi connectivity index (χ4v) is 4.28. The normalized spacial score (nSPS) is 12.5. The fraction of sp³-hybridized carbons (Fsp3) is 0.174. The van der Waals surface area contributed by atoms with Crippen LogP contribution in [0.15, 0.2) is 60.9 Å². The monoisotopic (exact) mass is 488 g/mol. The van der Waals surface area contributed by atoms with Crippen molar-refractivity contribution in [3.05, 3.63) is 72.1 Å². The van der Waals surface area contributed by atoms with Gasteiger partial charge in [-0.2, -0.15) is 0 Å². The number of thiazole rings is 1. The number of pyridine rings is 1. The number of nitrogen functional groups attached to an aromatic ring is 1. The molecule has 0 aliphatic rings. The number of hydrogen-bond acceptors (Lipinski definition) is 7. The van der Waals surface area contributed by atoms with Crippen molar-refractivity contribution in [1.29, 1.82) is 0 Å². The third-order valence-corrected chi connectivity index (χ3v) is 5.76. The summed E-state index contributed by atoms with van der Waals surface area (Å²) in [4.78, 5) is 20.8. The molecule has 0 saturated heterocycles. The molecule has 0 bridgehead atoms. The summed E-state index contributed by atoms with van der Waals surface area (Å²) in [5.41, 5.74) is 7.44. The number of benzene rings is 2. The Bertz CT molecular complexity index is 1310. The van der Waals surface area contributed by atoms with Gasteiger partial charge < -0.3 is 20.5 Å². The fourth-order valence-electron chi connectivity index (χ4n) is 3.51. The number of halogens is 3. The first-order valence-corrected chi connectivity index (χ1v) is 10.8. The lowest BCUT2D eigenvalue weighted by atomic mass is 9.97. The van der Waals surface area contributed by atoms with Crippen LogP contribution in [-0.4, -0.2) is 36.0 Å². The number of para-hydroxylation sites is 1. The Balaban J connectivity index is 1.80. The molecule has 0 fully saturated rings. The van der Waals surface area contributed by atoms with E-state index in [2.05, 4.69) is 20.0 Å². The highest BCUT2D eigenvalue weighted by molar-refractivity contribution is 7.22. The summed E-state index contributed by atoms with van der Waals surface area (Å²) in [6.45, 7) is -0.0892. The van der Waals surface area contributed by atoms with Gasteiger partial charge in [0, 0.05) is 30.6 Å². The zero-order valence-corrected chi connectivity index (χ0v) is 18.6. The first kappa shape index (κ1) is 23.5. The number of nitrogens with zero attached hydrogens (tertiary/aromatic N) is 2. The van der Waals surface area contributed by atoms with Gasteiger partial charge in [0.1, 0.15) is 5.75 Å². The van der Waals surface area contributed by atoms with Crippen LogP contribution in [0.1, 0.15) is 22.0 Å². The molecule has 4 rings (SSSR count). The van der Waals surface area contributed by atoms with E-state index in [4.69, 9.17) is 10.5 Å². The minimum absolute atomic E-state index is 0.0892. The van der Waals surface area contributed by atoms with Gasteiger partial charge in [0.05, 0.1) is 28.4 Å². The van der Waals surface area contributed by atoms with E-state index < -0.39 is 24.1 Å². The van der Waals surface area contributed by atoms with Crippen LogP contribution >= 0.6 is 11.3 Å². The van der Waals surface area contributed by atoms with Crippen molar-refractivity contribution in [1.82, 2.24) is 15.3 Å². The molecule has 0 saturated carbocycles. The van der Waals surface area contributed by atoms with Gasteiger partial charge in [0.25, 0.3) is 5.91 Å². The number of ether oxygens (including phenoxy) is 2. The van der Waals surface area contributed by atoms with Gasteiger partial charge in [-0.05, 0) is 29.8 Å². The van der Waals surface area contributed by atoms with Gasteiger partial charge in [-0.3, -0.25) is 9.78 Å². The van der Waals surface area contributed by atoms with E-state index in [1.807, 2.05) is 0 Å². The van der Waals surface area contributed by atoms with Crippen molar-refractivity contribution >= 4 is 32.6 Å². The molecule has 0 spiro atoms. The molecule has 4 aromatic rings. The number of alkyl halides is 3. The lowest BCUT2D eigenvalue weighted by Crippen LogP contribution is -2.32. The molecule has 1 atom stereocenters. The average molecular weight is 488 g/mol. The maximum absolute atomic E-state index is 13.5. The molecular weight excluding hydrogens is 469 g/mol. The highest BCUT2D eigenvalue weighted by Crippen LogP contribution is 2.41. The summed E-state index contributed by atoms with van der Waals surface area (Å²) in [6.07, 6.45) is -2.09. The second kappa shape index (κ2) is 9.65. The summed E-state index contributed by atoms with van der Waals surface area (Å²) in [5, 5.41) is 3.07. The Morgan fingerprint density at radius 2 is 2.03 bits per heavy atom. The Morgan fingerprint density at radius 3 is 2.74 bits per heavy atom. The number of rotatable bonds is 7. The van der Waals surface area contributed by atoms with Crippen LogP contribution in [0.25, 0.3) is 21.3 Å². The molecule has 1 amide bonds. The van der Waals surface area contributed by atoms with Crippen LogP contribution in [0.3, 0.4) is 0 Å². The van der Waals surface area contributed by atoms with E-state index in [0.29, 0.717) is 16.2 Å². The van der Waals surface area contributed by atoms with Crippen molar-refractivity contribution in [2.45, 2.75) is 12.4 Å². The Kier molecular flexibility index (Phi) is 6.66. The molecule has 11 heteroatoms. The van der Waals surface area contributed by atoms with Gasteiger partial charge in [-0.25, -0.2) is 4.98 Å². The second-order valence-corrected chi connectivity index (χ2v) is 8.29. The third-order valence-electron chi connectivity index (χ3n) is 4.92. The van der Waals surface area contributed by atoms with Crippen LogP contribution in [-0.2, 0) is 4.74 Å². The van der Waals surface area contributed by atoms with E-state index in [1.165, 1.54) is 43.0 Å². The first-order chi connectivity index (χ1) is 16.2. The molecular formula is C23H19F3N4O3S. The molecule has 176 valence electrons. The zero-order chi connectivity index (χ0) is 24.3. The summed E-state index contributed by atoms with van der Waals surface area (Å²) in [5.74, 6) is -0.944. The number of aromatic nitrogens is 2. The number of fused-ring (bicyclic) bond motifs is 1. The average Bonchev–Trinajstić information content (AvgIpc) is 3.17. The van der Waals surface area contributed by atoms with Gasteiger partial charge >= 0.3 is 6.36 Å². The number of nitrogens with two attached hydrogens (primary N) is 1.